The number of carbonyl (C=O) groups excluding carboxylic acids is 1. The fraction of sp³-hybridized carbons (Fsp3) is 0.300. The molecule has 0 N–H and O–H groups in total. The van der Waals surface area contributed by atoms with Gasteiger partial charge in [-0.3, -0.25) is 4.79 Å². The van der Waals surface area contributed by atoms with Gasteiger partial charge in [-0.15, -0.1) is 21.8 Å². The Hall–Kier alpha value is -2.47. The summed E-state index contributed by atoms with van der Waals surface area (Å²) < 4.78 is 54.0. The van der Waals surface area contributed by atoms with Crippen LogP contribution in [0.1, 0.15) is 47.8 Å². The van der Waals surface area contributed by atoms with Crippen LogP contribution in [0.15, 0.2) is 53.3 Å². The molecule has 1 atom stereocenters. The first-order valence-electron chi connectivity index (χ1n) is 9.44. The lowest BCUT2D eigenvalue weighted by Crippen LogP contribution is -2.68. The standard InChI is InChI=1S/C20H20ClFN3O2.ClHO4/c1-2-17(21)20-23-19(24-27-20)15-9-12-25(13-10-15)11-3-4-18(26)14-5-7-16(22)8-6-14;2-1(3,4)5/h5-10,12-13,17H,2-4,11H2,1H3;(H,2,3,4,5)/q+1;/p-1. The van der Waals surface area contributed by atoms with Crippen LogP contribution in [0, 0.1) is 16.1 Å². The molecule has 32 heavy (non-hydrogen) atoms. The molecule has 2 aromatic heterocycles. The van der Waals surface area contributed by atoms with Crippen molar-refractivity contribution in [2.45, 2.75) is 38.1 Å². The van der Waals surface area contributed by atoms with E-state index in [1.54, 1.807) is 0 Å². The van der Waals surface area contributed by atoms with Gasteiger partial charge in [0.1, 0.15) is 17.7 Å². The lowest BCUT2D eigenvalue weighted by molar-refractivity contribution is -2.00. The largest absolute Gasteiger partial charge is 0.337 e. The number of carbonyl (C=O) groups is 1. The minimum atomic E-state index is -4.94. The van der Waals surface area contributed by atoms with Crippen LogP contribution in [0.25, 0.3) is 11.4 Å². The highest BCUT2D eigenvalue weighted by Gasteiger charge is 2.16. The predicted molar refractivity (Wildman–Crippen MR) is 98.8 cm³/mol. The van der Waals surface area contributed by atoms with E-state index in [1.165, 1.54) is 24.3 Å². The third-order valence-corrected chi connectivity index (χ3v) is 4.70. The molecule has 0 saturated heterocycles. The summed E-state index contributed by atoms with van der Waals surface area (Å²) in [5, 5.41) is 3.68. The van der Waals surface area contributed by atoms with E-state index in [0.717, 1.165) is 5.56 Å². The second-order valence-corrected chi connectivity index (χ2v) is 7.85. The molecule has 12 heteroatoms. The van der Waals surface area contributed by atoms with Crippen LogP contribution in [0.5, 0.6) is 0 Å². The number of pyridine rings is 1. The number of aromatic nitrogens is 3. The van der Waals surface area contributed by atoms with Gasteiger partial charge in [-0.05, 0) is 30.7 Å². The topological polar surface area (TPSA) is 152 Å². The number of hydrogen-bond donors (Lipinski definition) is 0. The van der Waals surface area contributed by atoms with Crippen molar-refractivity contribution in [3.05, 3.63) is 66.1 Å². The molecule has 0 spiro atoms. The van der Waals surface area contributed by atoms with Crippen molar-refractivity contribution in [1.29, 1.82) is 0 Å². The maximum Gasteiger partial charge on any atom is 0.245 e. The van der Waals surface area contributed by atoms with E-state index in [4.69, 9.17) is 34.8 Å². The Balaban J connectivity index is 0.000000654. The van der Waals surface area contributed by atoms with Gasteiger partial charge in [0.15, 0.2) is 18.2 Å². The predicted octanol–water partition coefficient (Wildman–Crippen LogP) is -0.240. The third-order valence-electron chi connectivity index (χ3n) is 4.20. The van der Waals surface area contributed by atoms with Gasteiger partial charge in [0, 0.05) is 36.1 Å². The summed E-state index contributed by atoms with van der Waals surface area (Å²) in [6, 6.07) is 9.43. The van der Waals surface area contributed by atoms with Gasteiger partial charge >= 0.3 is 0 Å². The Morgan fingerprint density at radius 1 is 1.16 bits per heavy atom. The number of alkyl halides is 1. The van der Waals surface area contributed by atoms with E-state index < -0.39 is 10.2 Å². The first-order chi connectivity index (χ1) is 15.1. The average molecular weight is 488 g/mol. The maximum absolute atomic E-state index is 12.9. The van der Waals surface area contributed by atoms with E-state index in [0.29, 0.717) is 43.1 Å². The van der Waals surface area contributed by atoms with Crippen molar-refractivity contribution < 1.29 is 47.2 Å². The molecular formula is C20H20Cl2FN3O6. The van der Waals surface area contributed by atoms with E-state index >= 15 is 0 Å². The van der Waals surface area contributed by atoms with E-state index in [9.17, 15) is 9.18 Å². The van der Waals surface area contributed by atoms with Crippen molar-refractivity contribution in [1.82, 2.24) is 10.1 Å². The van der Waals surface area contributed by atoms with Crippen LogP contribution < -0.4 is 23.2 Å². The Labute approximate surface area is 190 Å². The molecule has 0 aliphatic carbocycles. The monoisotopic (exact) mass is 487 g/mol. The molecule has 9 nitrogen and oxygen atoms in total. The molecule has 0 saturated carbocycles. The molecule has 172 valence electrons. The molecular weight excluding hydrogens is 468 g/mol. The molecule has 0 fully saturated rings. The van der Waals surface area contributed by atoms with Crippen LogP contribution in [0.4, 0.5) is 4.39 Å². The summed E-state index contributed by atoms with van der Waals surface area (Å²) in [5.41, 5.74) is 1.37. The summed E-state index contributed by atoms with van der Waals surface area (Å²) in [7, 11) is -4.94. The Kier molecular flexibility index (Phi) is 9.63. The molecule has 0 bridgehead atoms. The van der Waals surface area contributed by atoms with Crippen molar-refractivity contribution in [3.63, 3.8) is 0 Å². The average Bonchev–Trinajstić information content (AvgIpc) is 3.23. The van der Waals surface area contributed by atoms with Crippen molar-refractivity contribution in [2.24, 2.45) is 0 Å². The Morgan fingerprint density at radius 3 is 2.31 bits per heavy atom. The number of nitrogens with zero attached hydrogens (tertiary/aromatic N) is 3. The zero-order valence-corrected chi connectivity index (χ0v) is 18.5. The molecule has 0 amide bonds. The second kappa shape index (κ2) is 12.0. The molecule has 1 unspecified atom stereocenters. The van der Waals surface area contributed by atoms with Crippen LogP contribution >= 0.6 is 11.6 Å². The number of halogens is 3. The normalized spacial score (nSPS) is 12.1. The van der Waals surface area contributed by atoms with Gasteiger partial charge in [-0.1, -0.05) is 12.1 Å². The van der Waals surface area contributed by atoms with E-state index in [1.807, 2.05) is 36.0 Å². The van der Waals surface area contributed by atoms with E-state index in [2.05, 4.69) is 10.1 Å². The number of rotatable bonds is 8. The van der Waals surface area contributed by atoms with Crippen LogP contribution in [0.2, 0.25) is 0 Å². The molecule has 0 aliphatic heterocycles. The van der Waals surface area contributed by atoms with Gasteiger partial charge in [0.25, 0.3) is 0 Å². The molecule has 3 aromatic rings. The van der Waals surface area contributed by atoms with E-state index in [-0.39, 0.29) is 17.0 Å². The Bertz CT molecular complexity index is 988. The lowest BCUT2D eigenvalue weighted by atomic mass is 10.1. The van der Waals surface area contributed by atoms with Gasteiger partial charge < -0.3 is 4.52 Å². The maximum atomic E-state index is 12.9. The van der Waals surface area contributed by atoms with Crippen LogP contribution in [-0.2, 0) is 6.54 Å². The number of hydrogen-bond acceptors (Lipinski definition) is 8. The van der Waals surface area contributed by atoms with Crippen molar-refractivity contribution >= 4 is 17.4 Å². The summed E-state index contributed by atoms with van der Waals surface area (Å²) in [6.07, 6.45) is 5.63. The zero-order chi connectivity index (χ0) is 23.7. The second-order valence-electron chi connectivity index (χ2n) is 6.57. The molecule has 0 radical (unpaired) electrons. The van der Waals surface area contributed by atoms with Crippen LogP contribution in [0.3, 0.4) is 0 Å². The minimum absolute atomic E-state index is 0.0121. The number of aryl methyl sites for hydroxylation is 1. The Morgan fingerprint density at radius 2 is 1.75 bits per heavy atom. The third kappa shape index (κ3) is 8.95. The molecule has 1 aromatic carbocycles. The highest BCUT2D eigenvalue weighted by atomic mass is 35.7. The number of Topliss-reactive ketones (excluding diaryl/α,β-unsaturated/α-hetero) is 1. The summed E-state index contributed by atoms with van der Waals surface area (Å²) >= 11 is 6.10. The van der Waals surface area contributed by atoms with Crippen molar-refractivity contribution in [3.8, 4) is 11.4 Å². The fourth-order valence-electron chi connectivity index (χ4n) is 2.61. The van der Waals surface area contributed by atoms with Crippen molar-refractivity contribution in [2.75, 3.05) is 0 Å². The molecule has 2 heterocycles. The van der Waals surface area contributed by atoms with Gasteiger partial charge in [-0.2, -0.15) is 4.98 Å². The quantitative estimate of drug-likeness (QED) is 0.239. The first kappa shape index (κ1) is 25.8. The summed E-state index contributed by atoms with van der Waals surface area (Å²) in [4.78, 5) is 16.4. The summed E-state index contributed by atoms with van der Waals surface area (Å²) in [6.45, 7) is 2.65. The fourth-order valence-corrected chi connectivity index (χ4v) is 2.70. The lowest BCUT2D eigenvalue weighted by Gasteiger charge is -2.17. The number of ketones is 1. The van der Waals surface area contributed by atoms with Gasteiger partial charge in [-0.25, -0.2) is 27.6 Å². The highest BCUT2D eigenvalue weighted by Crippen LogP contribution is 2.24. The molecule has 3 rings (SSSR count). The SMILES string of the molecule is CCC(Cl)c1nc(-c2cc[n+](CCCC(=O)c3ccc(F)cc3)cc2)no1.[O-][Cl+3]([O-])([O-])[O-]. The first-order valence-corrected chi connectivity index (χ1v) is 11.1. The minimum Gasteiger partial charge on any atom is -0.337 e. The highest BCUT2D eigenvalue weighted by molar-refractivity contribution is 6.20. The number of benzene rings is 1. The smallest absolute Gasteiger partial charge is 0.245 e. The van der Waals surface area contributed by atoms with Crippen LogP contribution in [-0.4, -0.2) is 15.9 Å². The van der Waals surface area contributed by atoms with Gasteiger partial charge in [0.2, 0.25) is 11.7 Å². The molecule has 0 aliphatic rings. The summed E-state index contributed by atoms with van der Waals surface area (Å²) in [5.74, 6) is 0.596. The van der Waals surface area contributed by atoms with Gasteiger partial charge in [0.05, 0.1) is 0 Å². The zero-order valence-electron chi connectivity index (χ0n) is 16.9.